The summed E-state index contributed by atoms with van der Waals surface area (Å²) in [6.45, 7) is 1.87. The fourth-order valence-corrected chi connectivity index (χ4v) is 1.17. The topological polar surface area (TPSA) is 83.0 Å². The van der Waals surface area contributed by atoms with Crippen LogP contribution in [0.2, 0.25) is 0 Å². The maximum Gasteiger partial charge on any atom is 0.361 e. The normalized spacial score (nSPS) is 10.8. The van der Waals surface area contributed by atoms with E-state index >= 15 is 0 Å². The van der Waals surface area contributed by atoms with Gasteiger partial charge < -0.3 is 10.5 Å². The summed E-state index contributed by atoms with van der Waals surface area (Å²) in [5.74, 6) is -0.902. The molecule has 1 aromatic rings. The molecule has 6 nitrogen and oxygen atoms in total. The van der Waals surface area contributed by atoms with Crippen LogP contribution in [0.3, 0.4) is 0 Å². The summed E-state index contributed by atoms with van der Waals surface area (Å²) >= 11 is 0. The molecule has 0 aliphatic rings. The van der Waals surface area contributed by atoms with Gasteiger partial charge in [0.15, 0.2) is 5.69 Å². The highest BCUT2D eigenvalue weighted by Gasteiger charge is 2.27. The first-order valence-corrected chi connectivity index (χ1v) is 4.70. The minimum absolute atomic E-state index is 0.0755. The lowest BCUT2D eigenvalue weighted by atomic mass is 10.3. The summed E-state index contributed by atoms with van der Waals surface area (Å²) in [6.07, 6.45) is -2.85. The van der Waals surface area contributed by atoms with E-state index in [2.05, 4.69) is 15.0 Å². The van der Waals surface area contributed by atoms with Crippen LogP contribution in [0.5, 0.6) is 0 Å². The Morgan fingerprint density at radius 1 is 1.62 bits per heavy atom. The second kappa shape index (κ2) is 5.50. The van der Waals surface area contributed by atoms with E-state index in [9.17, 15) is 13.6 Å². The highest BCUT2D eigenvalue weighted by Crippen LogP contribution is 2.21. The van der Waals surface area contributed by atoms with Crippen LogP contribution in [0, 0.1) is 0 Å². The lowest BCUT2D eigenvalue weighted by Crippen LogP contribution is -2.15. The lowest BCUT2D eigenvalue weighted by molar-refractivity contribution is 0.0506. The van der Waals surface area contributed by atoms with Crippen molar-refractivity contribution < 1.29 is 18.3 Å². The molecule has 0 amide bonds. The number of rotatable bonds is 5. The molecule has 1 rings (SSSR count). The first-order chi connectivity index (χ1) is 7.61. The lowest BCUT2D eigenvalue weighted by Gasteiger charge is -2.05. The predicted molar refractivity (Wildman–Crippen MR) is 50.0 cm³/mol. The molecule has 2 N–H and O–H groups in total. The predicted octanol–water partition coefficient (Wildman–Crippen LogP) is 0.351. The van der Waals surface area contributed by atoms with Gasteiger partial charge in [0.2, 0.25) is 0 Å². The van der Waals surface area contributed by atoms with Gasteiger partial charge in [0.1, 0.15) is 5.69 Å². The monoisotopic (exact) mass is 234 g/mol. The number of carbonyl (C=O) groups is 1. The Kier molecular flexibility index (Phi) is 4.29. The van der Waals surface area contributed by atoms with Gasteiger partial charge in [0, 0.05) is 6.54 Å². The molecule has 16 heavy (non-hydrogen) atoms. The minimum Gasteiger partial charge on any atom is -0.461 e. The van der Waals surface area contributed by atoms with E-state index in [0.717, 1.165) is 4.68 Å². The van der Waals surface area contributed by atoms with Gasteiger partial charge in [-0.2, -0.15) is 0 Å². The van der Waals surface area contributed by atoms with Crippen molar-refractivity contribution in [2.75, 3.05) is 13.2 Å². The number of aromatic nitrogens is 3. The molecule has 0 aliphatic heterocycles. The van der Waals surface area contributed by atoms with E-state index in [1.807, 2.05) is 0 Å². The Labute approximate surface area is 90.4 Å². The molecule has 0 aliphatic carbocycles. The standard InChI is InChI=1S/C8H12F2N4O2/c1-2-16-8(15)5-6(7(9)10)14(4-3-11)13-12-5/h7H,2-4,11H2,1H3. The number of hydrogen-bond donors (Lipinski definition) is 1. The third-order valence-corrected chi connectivity index (χ3v) is 1.79. The maximum atomic E-state index is 12.7. The second-order valence-corrected chi connectivity index (χ2v) is 2.86. The number of alkyl halides is 2. The Balaban J connectivity index is 3.04. The largest absolute Gasteiger partial charge is 0.461 e. The van der Waals surface area contributed by atoms with Crippen molar-refractivity contribution in [2.24, 2.45) is 5.73 Å². The summed E-state index contributed by atoms with van der Waals surface area (Å²) in [7, 11) is 0. The molecule has 8 heteroatoms. The van der Waals surface area contributed by atoms with Gasteiger partial charge >= 0.3 is 5.97 Å². The Morgan fingerprint density at radius 3 is 2.81 bits per heavy atom. The van der Waals surface area contributed by atoms with E-state index in [1.54, 1.807) is 6.92 Å². The summed E-state index contributed by atoms with van der Waals surface area (Å²) in [4.78, 5) is 11.3. The van der Waals surface area contributed by atoms with Gasteiger partial charge in [0.05, 0.1) is 13.2 Å². The number of nitrogens with zero attached hydrogens (tertiary/aromatic N) is 3. The van der Waals surface area contributed by atoms with Crippen LogP contribution >= 0.6 is 0 Å². The molecule has 90 valence electrons. The molecular formula is C8H12F2N4O2. The Hall–Kier alpha value is -1.57. The van der Waals surface area contributed by atoms with Gasteiger partial charge in [-0.3, -0.25) is 0 Å². The highest BCUT2D eigenvalue weighted by molar-refractivity contribution is 5.88. The number of ether oxygens (including phenoxy) is 1. The first kappa shape index (κ1) is 12.5. The molecule has 0 radical (unpaired) electrons. The molecule has 0 fully saturated rings. The molecule has 0 aromatic carbocycles. The van der Waals surface area contributed by atoms with Crippen LogP contribution in [-0.2, 0) is 11.3 Å². The van der Waals surface area contributed by atoms with E-state index < -0.39 is 23.8 Å². The van der Waals surface area contributed by atoms with Crippen molar-refractivity contribution in [3.63, 3.8) is 0 Å². The Bertz CT molecular complexity index is 367. The van der Waals surface area contributed by atoms with Crippen LogP contribution in [0.15, 0.2) is 0 Å². The molecule has 0 saturated heterocycles. The zero-order chi connectivity index (χ0) is 12.1. The van der Waals surface area contributed by atoms with Crippen LogP contribution in [0.1, 0.15) is 29.5 Å². The molecule has 1 heterocycles. The van der Waals surface area contributed by atoms with Gasteiger partial charge in [0.25, 0.3) is 6.43 Å². The average molecular weight is 234 g/mol. The zero-order valence-corrected chi connectivity index (χ0v) is 8.69. The number of nitrogens with two attached hydrogens (primary N) is 1. The molecule has 0 bridgehead atoms. The van der Waals surface area contributed by atoms with E-state index in [-0.39, 0.29) is 19.7 Å². The van der Waals surface area contributed by atoms with Crippen LogP contribution in [0.4, 0.5) is 8.78 Å². The summed E-state index contributed by atoms with van der Waals surface area (Å²) < 4.78 is 30.9. The number of esters is 1. The SMILES string of the molecule is CCOC(=O)c1nnn(CCN)c1C(F)F. The van der Waals surface area contributed by atoms with Crippen LogP contribution in [0.25, 0.3) is 0 Å². The van der Waals surface area contributed by atoms with Crippen molar-refractivity contribution in [1.29, 1.82) is 0 Å². The van der Waals surface area contributed by atoms with Crippen molar-refractivity contribution in [1.82, 2.24) is 15.0 Å². The van der Waals surface area contributed by atoms with Crippen molar-refractivity contribution in [3.8, 4) is 0 Å². The Morgan fingerprint density at radius 2 is 2.31 bits per heavy atom. The third-order valence-electron chi connectivity index (χ3n) is 1.79. The van der Waals surface area contributed by atoms with Crippen LogP contribution < -0.4 is 5.73 Å². The van der Waals surface area contributed by atoms with Crippen molar-refractivity contribution in [2.45, 2.75) is 19.9 Å². The summed E-state index contributed by atoms with van der Waals surface area (Å²) in [5, 5.41) is 6.81. The number of hydrogen-bond acceptors (Lipinski definition) is 5. The van der Waals surface area contributed by atoms with E-state index in [1.165, 1.54) is 0 Å². The van der Waals surface area contributed by atoms with Crippen LogP contribution in [-0.4, -0.2) is 34.1 Å². The summed E-state index contributed by atoms with van der Waals surface area (Å²) in [6, 6.07) is 0. The van der Waals surface area contributed by atoms with Gasteiger partial charge in [-0.25, -0.2) is 18.3 Å². The smallest absolute Gasteiger partial charge is 0.361 e. The van der Waals surface area contributed by atoms with Crippen molar-refractivity contribution >= 4 is 5.97 Å². The first-order valence-electron chi connectivity index (χ1n) is 4.70. The minimum atomic E-state index is -2.85. The average Bonchev–Trinajstić information content (AvgIpc) is 2.62. The van der Waals surface area contributed by atoms with Gasteiger partial charge in [-0.05, 0) is 6.92 Å². The number of halogens is 2. The van der Waals surface area contributed by atoms with Gasteiger partial charge in [-0.15, -0.1) is 5.10 Å². The maximum absolute atomic E-state index is 12.7. The van der Waals surface area contributed by atoms with Crippen molar-refractivity contribution in [3.05, 3.63) is 11.4 Å². The summed E-state index contributed by atoms with van der Waals surface area (Å²) in [5.41, 5.74) is 4.22. The fraction of sp³-hybridized carbons (Fsp3) is 0.625. The molecule has 0 spiro atoms. The molecule has 0 atom stereocenters. The third kappa shape index (κ3) is 2.51. The quantitative estimate of drug-likeness (QED) is 0.743. The van der Waals surface area contributed by atoms with Gasteiger partial charge in [-0.1, -0.05) is 5.21 Å². The fourth-order valence-electron chi connectivity index (χ4n) is 1.17. The molecule has 1 aromatic heterocycles. The molecule has 0 unspecified atom stereocenters. The van der Waals surface area contributed by atoms with E-state index in [0.29, 0.717) is 0 Å². The zero-order valence-electron chi connectivity index (χ0n) is 8.69. The highest BCUT2D eigenvalue weighted by atomic mass is 19.3. The second-order valence-electron chi connectivity index (χ2n) is 2.86. The van der Waals surface area contributed by atoms with E-state index in [4.69, 9.17) is 5.73 Å². The molecular weight excluding hydrogens is 222 g/mol. The molecule has 0 saturated carbocycles. The number of carbonyl (C=O) groups excluding carboxylic acids is 1.